The van der Waals surface area contributed by atoms with Crippen molar-refractivity contribution in [1.82, 2.24) is 19.8 Å². The molecule has 4 rings (SSSR count). The molecule has 128 valence electrons. The van der Waals surface area contributed by atoms with Gasteiger partial charge in [-0.05, 0) is 30.2 Å². The lowest BCUT2D eigenvalue weighted by molar-refractivity contribution is 0.0980. The van der Waals surface area contributed by atoms with E-state index in [1.807, 2.05) is 30.7 Å². The predicted molar refractivity (Wildman–Crippen MR) is 101 cm³/mol. The molecule has 1 fully saturated rings. The fraction of sp³-hybridized carbons (Fsp3) is 0.333. The van der Waals surface area contributed by atoms with Gasteiger partial charge in [-0.1, -0.05) is 30.3 Å². The first-order chi connectivity index (χ1) is 12.3. The third-order valence-electron chi connectivity index (χ3n) is 5.23. The third kappa shape index (κ3) is 3.55. The van der Waals surface area contributed by atoms with Crippen molar-refractivity contribution in [2.45, 2.75) is 19.5 Å². The van der Waals surface area contributed by atoms with Gasteiger partial charge in [-0.2, -0.15) is 0 Å². The molecule has 1 unspecified atom stereocenters. The lowest BCUT2D eigenvalue weighted by Crippen LogP contribution is -2.46. The maximum Gasteiger partial charge on any atom is 0.0746 e. The maximum atomic E-state index is 4.59. The molecule has 0 amide bonds. The third-order valence-corrected chi connectivity index (χ3v) is 5.23. The summed E-state index contributed by atoms with van der Waals surface area (Å²) in [5, 5.41) is 1.23. The number of hydrogen-bond acceptors (Lipinski definition) is 4. The summed E-state index contributed by atoms with van der Waals surface area (Å²) in [5.41, 5.74) is 3.76. The molecule has 3 heterocycles. The minimum atomic E-state index is 0.426. The van der Waals surface area contributed by atoms with Gasteiger partial charge in [0.25, 0.3) is 0 Å². The molecule has 0 radical (unpaired) electrons. The highest BCUT2D eigenvalue weighted by atomic mass is 15.3. The monoisotopic (exact) mass is 332 g/mol. The predicted octanol–water partition coefficient (Wildman–Crippen LogP) is 3.51. The van der Waals surface area contributed by atoms with Crippen LogP contribution in [0.1, 0.15) is 24.1 Å². The van der Waals surface area contributed by atoms with Gasteiger partial charge in [-0.3, -0.25) is 19.8 Å². The van der Waals surface area contributed by atoms with E-state index in [9.17, 15) is 0 Å². The SMILES string of the molecule is CC(c1cccnc1)N1CCN(Cc2cccc3cccnc23)CC1. The summed E-state index contributed by atoms with van der Waals surface area (Å²) in [7, 11) is 0. The van der Waals surface area contributed by atoms with Crippen LogP contribution in [-0.4, -0.2) is 45.9 Å². The van der Waals surface area contributed by atoms with E-state index in [4.69, 9.17) is 0 Å². The summed E-state index contributed by atoms with van der Waals surface area (Å²) < 4.78 is 0. The fourth-order valence-corrected chi connectivity index (χ4v) is 3.68. The Hall–Kier alpha value is -2.30. The molecule has 0 saturated carbocycles. The number of nitrogens with zero attached hydrogens (tertiary/aromatic N) is 4. The normalized spacial score (nSPS) is 17.6. The Labute approximate surface area is 149 Å². The number of para-hydroxylation sites is 1. The van der Waals surface area contributed by atoms with E-state index in [-0.39, 0.29) is 0 Å². The highest BCUT2D eigenvalue weighted by Crippen LogP contribution is 2.22. The van der Waals surface area contributed by atoms with E-state index in [1.165, 1.54) is 16.5 Å². The summed E-state index contributed by atoms with van der Waals surface area (Å²) in [6.07, 6.45) is 5.71. The highest BCUT2D eigenvalue weighted by Gasteiger charge is 2.22. The fourth-order valence-electron chi connectivity index (χ4n) is 3.68. The zero-order chi connectivity index (χ0) is 17.1. The molecule has 1 aliphatic heterocycles. The molecule has 1 atom stereocenters. The van der Waals surface area contributed by atoms with Gasteiger partial charge in [0.05, 0.1) is 5.52 Å². The molecule has 1 aliphatic rings. The van der Waals surface area contributed by atoms with Crippen molar-refractivity contribution in [3.63, 3.8) is 0 Å². The van der Waals surface area contributed by atoms with Gasteiger partial charge in [0.1, 0.15) is 0 Å². The maximum absolute atomic E-state index is 4.59. The van der Waals surface area contributed by atoms with Crippen LogP contribution in [0.2, 0.25) is 0 Å². The van der Waals surface area contributed by atoms with Crippen molar-refractivity contribution in [3.05, 3.63) is 72.2 Å². The Morgan fingerprint density at radius 1 is 0.960 bits per heavy atom. The van der Waals surface area contributed by atoms with Crippen LogP contribution in [-0.2, 0) is 6.54 Å². The second kappa shape index (κ2) is 7.30. The van der Waals surface area contributed by atoms with Crippen LogP contribution in [0.4, 0.5) is 0 Å². The summed E-state index contributed by atoms with van der Waals surface area (Å²) in [4.78, 5) is 13.9. The smallest absolute Gasteiger partial charge is 0.0746 e. The number of benzene rings is 1. The van der Waals surface area contributed by atoms with Gasteiger partial charge in [0.2, 0.25) is 0 Å². The Bertz CT molecular complexity index is 820. The number of pyridine rings is 2. The van der Waals surface area contributed by atoms with Crippen molar-refractivity contribution in [3.8, 4) is 0 Å². The zero-order valence-electron chi connectivity index (χ0n) is 14.7. The largest absolute Gasteiger partial charge is 0.296 e. The second-order valence-corrected chi connectivity index (χ2v) is 6.77. The van der Waals surface area contributed by atoms with Crippen LogP contribution in [0.15, 0.2) is 61.1 Å². The van der Waals surface area contributed by atoms with Crippen LogP contribution in [0.3, 0.4) is 0 Å². The summed E-state index contributed by atoms with van der Waals surface area (Å²) >= 11 is 0. The van der Waals surface area contributed by atoms with E-state index >= 15 is 0 Å². The van der Waals surface area contributed by atoms with Gasteiger partial charge in [-0.25, -0.2) is 0 Å². The van der Waals surface area contributed by atoms with Gasteiger partial charge in [0.15, 0.2) is 0 Å². The first-order valence-corrected chi connectivity index (χ1v) is 9.00. The number of piperazine rings is 1. The number of hydrogen-bond donors (Lipinski definition) is 0. The molecule has 4 nitrogen and oxygen atoms in total. The Morgan fingerprint density at radius 3 is 2.56 bits per heavy atom. The first kappa shape index (κ1) is 16.2. The van der Waals surface area contributed by atoms with Crippen LogP contribution < -0.4 is 0 Å². The molecule has 1 aromatic carbocycles. The molecular weight excluding hydrogens is 308 g/mol. The van der Waals surface area contributed by atoms with Crippen LogP contribution >= 0.6 is 0 Å². The minimum Gasteiger partial charge on any atom is -0.296 e. The van der Waals surface area contributed by atoms with Crippen LogP contribution in [0.25, 0.3) is 10.9 Å². The zero-order valence-corrected chi connectivity index (χ0v) is 14.7. The Kier molecular flexibility index (Phi) is 4.72. The summed E-state index contributed by atoms with van der Waals surface area (Å²) in [6.45, 7) is 7.62. The quantitative estimate of drug-likeness (QED) is 0.732. The molecule has 3 aromatic rings. The van der Waals surface area contributed by atoms with Crippen molar-refractivity contribution in [2.75, 3.05) is 26.2 Å². The lowest BCUT2D eigenvalue weighted by atomic mass is 10.1. The molecule has 0 bridgehead atoms. The topological polar surface area (TPSA) is 32.3 Å². The highest BCUT2D eigenvalue weighted by molar-refractivity contribution is 5.81. The average molecular weight is 332 g/mol. The van der Waals surface area contributed by atoms with E-state index in [2.05, 4.69) is 57.0 Å². The van der Waals surface area contributed by atoms with Gasteiger partial charge < -0.3 is 0 Å². The molecule has 25 heavy (non-hydrogen) atoms. The molecule has 2 aromatic heterocycles. The first-order valence-electron chi connectivity index (χ1n) is 9.00. The van der Waals surface area contributed by atoms with E-state index in [1.54, 1.807) is 0 Å². The van der Waals surface area contributed by atoms with Gasteiger partial charge in [0, 0.05) is 62.7 Å². The average Bonchev–Trinajstić information content (AvgIpc) is 2.69. The van der Waals surface area contributed by atoms with Gasteiger partial charge >= 0.3 is 0 Å². The van der Waals surface area contributed by atoms with Crippen molar-refractivity contribution >= 4 is 10.9 Å². The van der Waals surface area contributed by atoms with E-state index in [0.29, 0.717) is 6.04 Å². The second-order valence-electron chi connectivity index (χ2n) is 6.77. The molecular formula is C21H24N4. The Balaban J connectivity index is 1.40. The molecule has 0 aliphatic carbocycles. The molecule has 1 saturated heterocycles. The van der Waals surface area contributed by atoms with Crippen molar-refractivity contribution in [2.24, 2.45) is 0 Å². The lowest BCUT2D eigenvalue weighted by Gasteiger charge is -2.38. The molecule has 4 heteroatoms. The molecule has 0 spiro atoms. The van der Waals surface area contributed by atoms with Crippen LogP contribution in [0, 0.1) is 0 Å². The van der Waals surface area contributed by atoms with Gasteiger partial charge in [-0.15, -0.1) is 0 Å². The number of aromatic nitrogens is 2. The Morgan fingerprint density at radius 2 is 1.76 bits per heavy atom. The number of fused-ring (bicyclic) bond motifs is 1. The van der Waals surface area contributed by atoms with E-state index < -0.39 is 0 Å². The van der Waals surface area contributed by atoms with Crippen LogP contribution in [0.5, 0.6) is 0 Å². The van der Waals surface area contributed by atoms with Crippen molar-refractivity contribution in [1.29, 1.82) is 0 Å². The summed E-state index contributed by atoms with van der Waals surface area (Å²) in [6, 6.07) is 15.3. The standard InChI is InChI=1S/C21H24N4/c1-17(19-8-3-9-22-15-19)25-13-11-24(12-14-25)16-20-6-2-5-18-7-4-10-23-21(18)20/h2-10,15,17H,11-14,16H2,1H3. The van der Waals surface area contributed by atoms with Crippen molar-refractivity contribution < 1.29 is 0 Å². The number of rotatable bonds is 4. The molecule has 0 N–H and O–H groups in total. The minimum absolute atomic E-state index is 0.426. The summed E-state index contributed by atoms with van der Waals surface area (Å²) in [5.74, 6) is 0. The van der Waals surface area contributed by atoms with E-state index in [0.717, 1.165) is 38.2 Å².